The third kappa shape index (κ3) is 1.54. The molecule has 1 heterocycles. The first-order valence-corrected chi connectivity index (χ1v) is 4.51. The fraction of sp³-hybridized carbons (Fsp3) is 0.400. The van der Waals surface area contributed by atoms with E-state index in [1.54, 1.807) is 0 Å². The second-order valence-electron chi connectivity index (χ2n) is 3.35. The molecule has 0 aliphatic carbocycles. The molecule has 70 valence electrons. The minimum absolute atomic E-state index is 0.788. The summed E-state index contributed by atoms with van der Waals surface area (Å²) < 4.78 is 5.58. The molecule has 0 radical (unpaired) electrons. The van der Waals surface area contributed by atoms with Crippen LogP contribution in [0.4, 0.5) is 11.4 Å². The van der Waals surface area contributed by atoms with Crippen molar-refractivity contribution in [3.63, 3.8) is 0 Å². The molecule has 0 amide bonds. The highest BCUT2D eigenvalue weighted by atomic mass is 16.5. The lowest BCUT2D eigenvalue weighted by molar-refractivity contribution is 0.322. The van der Waals surface area contributed by atoms with Gasteiger partial charge in [-0.2, -0.15) is 0 Å². The van der Waals surface area contributed by atoms with E-state index in [0.29, 0.717) is 0 Å². The van der Waals surface area contributed by atoms with Gasteiger partial charge in [-0.3, -0.25) is 0 Å². The second kappa shape index (κ2) is 3.17. The Balaban J connectivity index is 2.43. The molecule has 3 nitrogen and oxygen atoms in total. The predicted molar refractivity (Wildman–Crippen MR) is 54.2 cm³/mol. The molecule has 0 unspecified atom stereocenters. The SMILES string of the molecule is CN1CCCOc2ccc(N)cc21. The molecule has 1 aromatic carbocycles. The minimum Gasteiger partial charge on any atom is -0.491 e. The van der Waals surface area contributed by atoms with Gasteiger partial charge >= 0.3 is 0 Å². The zero-order valence-electron chi connectivity index (χ0n) is 7.79. The number of ether oxygens (including phenoxy) is 1. The molecule has 0 saturated carbocycles. The number of nitrogen functional groups attached to an aromatic ring is 1. The first-order valence-electron chi connectivity index (χ1n) is 4.51. The van der Waals surface area contributed by atoms with Gasteiger partial charge in [0.1, 0.15) is 5.75 Å². The topological polar surface area (TPSA) is 38.5 Å². The second-order valence-corrected chi connectivity index (χ2v) is 3.35. The Labute approximate surface area is 78.1 Å². The number of hydrogen-bond acceptors (Lipinski definition) is 3. The van der Waals surface area contributed by atoms with Crippen LogP contribution in [0.1, 0.15) is 6.42 Å². The summed E-state index contributed by atoms with van der Waals surface area (Å²) in [7, 11) is 2.06. The van der Waals surface area contributed by atoms with Crippen molar-refractivity contribution in [1.82, 2.24) is 0 Å². The van der Waals surface area contributed by atoms with Crippen molar-refractivity contribution in [2.24, 2.45) is 0 Å². The van der Waals surface area contributed by atoms with E-state index >= 15 is 0 Å². The van der Waals surface area contributed by atoms with Crippen LogP contribution in [0.3, 0.4) is 0 Å². The molecule has 3 heteroatoms. The van der Waals surface area contributed by atoms with E-state index in [-0.39, 0.29) is 0 Å². The van der Waals surface area contributed by atoms with E-state index in [0.717, 1.165) is 36.7 Å². The van der Waals surface area contributed by atoms with Crippen molar-refractivity contribution in [3.8, 4) is 5.75 Å². The van der Waals surface area contributed by atoms with Gasteiger partial charge in [-0.25, -0.2) is 0 Å². The Morgan fingerprint density at radius 3 is 3.15 bits per heavy atom. The normalized spacial score (nSPS) is 15.9. The Hall–Kier alpha value is -1.38. The lowest BCUT2D eigenvalue weighted by Gasteiger charge is -2.17. The summed E-state index contributed by atoms with van der Waals surface area (Å²) >= 11 is 0. The van der Waals surface area contributed by atoms with Gasteiger partial charge in [0.2, 0.25) is 0 Å². The molecule has 0 atom stereocenters. The van der Waals surface area contributed by atoms with Gasteiger partial charge in [0.25, 0.3) is 0 Å². The predicted octanol–water partition coefficient (Wildman–Crippen LogP) is 1.49. The molecular formula is C10H14N2O. The summed E-state index contributed by atoms with van der Waals surface area (Å²) in [4.78, 5) is 2.18. The van der Waals surface area contributed by atoms with Crippen LogP contribution >= 0.6 is 0 Å². The summed E-state index contributed by atoms with van der Waals surface area (Å²) in [5.74, 6) is 0.939. The van der Waals surface area contributed by atoms with Gasteiger partial charge < -0.3 is 15.4 Å². The first kappa shape index (κ1) is 8.23. The number of fused-ring (bicyclic) bond motifs is 1. The summed E-state index contributed by atoms with van der Waals surface area (Å²) in [6, 6.07) is 5.77. The van der Waals surface area contributed by atoms with Gasteiger partial charge in [0.05, 0.1) is 12.3 Å². The van der Waals surface area contributed by atoms with Crippen molar-refractivity contribution in [2.75, 3.05) is 30.8 Å². The van der Waals surface area contributed by atoms with Gasteiger partial charge in [-0.05, 0) is 24.6 Å². The van der Waals surface area contributed by atoms with Crippen molar-refractivity contribution >= 4 is 11.4 Å². The van der Waals surface area contributed by atoms with Crippen LogP contribution in [-0.4, -0.2) is 20.2 Å². The molecule has 0 aromatic heterocycles. The lowest BCUT2D eigenvalue weighted by atomic mass is 10.2. The Bertz CT molecular complexity index is 312. The summed E-state index contributed by atoms with van der Waals surface area (Å²) in [6.45, 7) is 1.82. The third-order valence-corrected chi connectivity index (χ3v) is 2.29. The number of rotatable bonds is 0. The van der Waals surface area contributed by atoms with Crippen molar-refractivity contribution in [3.05, 3.63) is 18.2 Å². The largest absolute Gasteiger partial charge is 0.491 e. The zero-order valence-corrected chi connectivity index (χ0v) is 7.79. The molecule has 0 saturated heterocycles. The van der Waals surface area contributed by atoms with Crippen molar-refractivity contribution in [2.45, 2.75) is 6.42 Å². The molecule has 1 aliphatic heterocycles. The molecule has 2 N–H and O–H groups in total. The van der Waals surface area contributed by atoms with Crippen molar-refractivity contribution in [1.29, 1.82) is 0 Å². The van der Waals surface area contributed by atoms with E-state index in [2.05, 4.69) is 11.9 Å². The Morgan fingerprint density at radius 1 is 1.46 bits per heavy atom. The van der Waals surface area contributed by atoms with E-state index in [4.69, 9.17) is 10.5 Å². The summed E-state index contributed by atoms with van der Waals surface area (Å²) in [5, 5.41) is 0. The average molecular weight is 178 g/mol. The fourth-order valence-electron chi connectivity index (χ4n) is 1.56. The third-order valence-electron chi connectivity index (χ3n) is 2.29. The zero-order chi connectivity index (χ0) is 9.26. The minimum atomic E-state index is 0.788. The molecule has 13 heavy (non-hydrogen) atoms. The van der Waals surface area contributed by atoms with Gasteiger partial charge in [0.15, 0.2) is 0 Å². The monoisotopic (exact) mass is 178 g/mol. The molecular weight excluding hydrogens is 164 g/mol. The van der Waals surface area contributed by atoms with E-state index in [9.17, 15) is 0 Å². The Kier molecular flexibility index (Phi) is 2.00. The van der Waals surface area contributed by atoms with Crippen LogP contribution in [0.25, 0.3) is 0 Å². The number of nitrogens with zero attached hydrogens (tertiary/aromatic N) is 1. The number of anilines is 2. The number of nitrogens with two attached hydrogens (primary N) is 1. The fourth-order valence-corrected chi connectivity index (χ4v) is 1.56. The van der Waals surface area contributed by atoms with Crippen LogP contribution < -0.4 is 15.4 Å². The molecule has 2 rings (SSSR count). The number of benzene rings is 1. The maximum atomic E-state index is 5.71. The molecule has 1 aliphatic rings. The molecule has 0 fully saturated rings. The summed E-state index contributed by atoms with van der Waals surface area (Å²) in [5.41, 5.74) is 7.60. The standard InChI is InChI=1S/C10H14N2O/c1-12-5-2-6-13-10-4-3-8(11)7-9(10)12/h3-4,7H,2,5-6,11H2,1H3. The van der Waals surface area contributed by atoms with Gasteiger partial charge in [-0.15, -0.1) is 0 Å². The Morgan fingerprint density at radius 2 is 2.31 bits per heavy atom. The molecule has 0 spiro atoms. The number of hydrogen-bond donors (Lipinski definition) is 1. The van der Waals surface area contributed by atoms with Crippen LogP contribution in [0.2, 0.25) is 0 Å². The van der Waals surface area contributed by atoms with E-state index in [1.165, 1.54) is 0 Å². The smallest absolute Gasteiger partial charge is 0.142 e. The van der Waals surface area contributed by atoms with Crippen molar-refractivity contribution < 1.29 is 4.74 Å². The van der Waals surface area contributed by atoms with Gasteiger partial charge in [-0.1, -0.05) is 0 Å². The quantitative estimate of drug-likeness (QED) is 0.612. The highest BCUT2D eigenvalue weighted by Crippen LogP contribution is 2.31. The lowest BCUT2D eigenvalue weighted by Crippen LogP contribution is -2.17. The van der Waals surface area contributed by atoms with Gasteiger partial charge in [0, 0.05) is 19.3 Å². The van der Waals surface area contributed by atoms with Crippen LogP contribution in [0.15, 0.2) is 18.2 Å². The van der Waals surface area contributed by atoms with E-state index in [1.807, 2.05) is 18.2 Å². The maximum absolute atomic E-state index is 5.71. The highest BCUT2D eigenvalue weighted by Gasteiger charge is 2.12. The summed E-state index contributed by atoms with van der Waals surface area (Å²) in [6.07, 6.45) is 1.06. The van der Waals surface area contributed by atoms with Crippen LogP contribution in [-0.2, 0) is 0 Å². The van der Waals surface area contributed by atoms with Crippen LogP contribution in [0, 0.1) is 0 Å². The van der Waals surface area contributed by atoms with Crippen LogP contribution in [0.5, 0.6) is 5.75 Å². The van der Waals surface area contributed by atoms with E-state index < -0.39 is 0 Å². The molecule has 0 bridgehead atoms. The average Bonchev–Trinajstić information content (AvgIpc) is 2.29. The first-order chi connectivity index (χ1) is 6.27. The molecule has 1 aromatic rings. The highest BCUT2D eigenvalue weighted by molar-refractivity contribution is 5.64. The maximum Gasteiger partial charge on any atom is 0.142 e.